The fourth-order valence-electron chi connectivity index (χ4n) is 2.58. The van der Waals surface area contributed by atoms with Gasteiger partial charge in [-0.25, -0.2) is 0 Å². The molecular formula is C14H18N4O5. The van der Waals surface area contributed by atoms with Gasteiger partial charge in [-0.3, -0.25) is 25.7 Å². The van der Waals surface area contributed by atoms with Crippen molar-refractivity contribution in [2.24, 2.45) is 5.10 Å². The lowest BCUT2D eigenvalue weighted by Gasteiger charge is -2.23. The van der Waals surface area contributed by atoms with Gasteiger partial charge in [0, 0.05) is 12.5 Å². The molecule has 1 heterocycles. The van der Waals surface area contributed by atoms with Crippen molar-refractivity contribution in [3.05, 3.63) is 38.4 Å². The molecule has 9 nitrogen and oxygen atoms in total. The van der Waals surface area contributed by atoms with Crippen molar-refractivity contribution < 1.29 is 14.6 Å². The number of non-ortho nitro benzene ring substituents is 1. The Kier molecular flexibility index (Phi) is 4.08. The van der Waals surface area contributed by atoms with Crippen molar-refractivity contribution in [3.63, 3.8) is 0 Å². The van der Waals surface area contributed by atoms with E-state index in [9.17, 15) is 20.2 Å². The fraction of sp³-hybridized carbons (Fsp3) is 0.500. The van der Waals surface area contributed by atoms with Gasteiger partial charge < -0.3 is 4.74 Å². The first-order valence-electron chi connectivity index (χ1n) is 6.98. The number of hydrazone groups is 1. The number of nitrogens with one attached hydrogen (secondary N) is 1. The highest BCUT2D eigenvalue weighted by Crippen LogP contribution is 2.35. The fourth-order valence-corrected chi connectivity index (χ4v) is 2.58. The van der Waals surface area contributed by atoms with E-state index in [1.165, 1.54) is 12.1 Å². The van der Waals surface area contributed by atoms with E-state index in [1.54, 1.807) is 0 Å². The Balaban J connectivity index is 2.32. The maximum atomic E-state index is 11.1. The summed E-state index contributed by atoms with van der Waals surface area (Å²) in [6.45, 7) is 7.61. The minimum Gasteiger partial charge on any atom is -0.363 e. The molecule has 2 rings (SSSR count). The van der Waals surface area contributed by atoms with Gasteiger partial charge in [0.2, 0.25) is 0 Å². The summed E-state index contributed by atoms with van der Waals surface area (Å²) < 4.78 is 5.87. The molecule has 124 valence electrons. The van der Waals surface area contributed by atoms with Gasteiger partial charge in [-0.05, 0) is 33.8 Å². The number of rotatable bonds is 4. The number of anilines is 1. The summed E-state index contributed by atoms with van der Waals surface area (Å²) in [5, 5.41) is 26.0. The second-order valence-corrected chi connectivity index (χ2v) is 6.43. The molecular weight excluding hydrogens is 304 g/mol. The van der Waals surface area contributed by atoms with Crippen LogP contribution in [0.4, 0.5) is 17.1 Å². The highest BCUT2D eigenvalue weighted by atomic mass is 16.6. The Hall–Kier alpha value is -2.55. The van der Waals surface area contributed by atoms with Gasteiger partial charge in [0.25, 0.3) is 5.69 Å². The van der Waals surface area contributed by atoms with E-state index in [0.717, 1.165) is 11.8 Å². The second-order valence-electron chi connectivity index (χ2n) is 6.43. The van der Waals surface area contributed by atoms with E-state index >= 15 is 0 Å². The molecule has 0 atom stereocenters. The summed E-state index contributed by atoms with van der Waals surface area (Å²) in [6.07, 6.45) is 0.577. The number of hydrogen-bond acceptors (Lipinski definition) is 7. The van der Waals surface area contributed by atoms with Crippen molar-refractivity contribution in [2.45, 2.75) is 45.3 Å². The predicted molar refractivity (Wildman–Crippen MR) is 84.7 cm³/mol. The van der Waals surface area contributed by atoms with Gasteiger partial charge in [0.15, 0.2) is 0 Å². The van der Waals surface area contributed by atoms with Crippen molar-refractivity contribution in [1.82, 2.24) is 0 Å². The lowest BCUT2D eigenvalue weighted by Crippen LogP contribution is -2.30. The molecule has 0 aromatic heterocycles. The van der Waals surface area contributed by atoms with Gasteiger partial charge in [-0.1, -0.05) is 0 Å². The number of nitro benzene ring substituents is 2. The molecule has 9 heteroatoms. The number of ether oxygens (including phenoxy) is 1. The zero-order valence-electron chi connectivity index (χ0n) is 13.3. The van der Waals surface area contributed by atoms with Crippen LogP contribution in [0.1, 0.15) is 34.1 Å². The zero-order valence-corrected chi connectivity index (χ0v) is 13.3. The molecule has 23 heavy (non-hydrogen) atoms. The van der Waals surface area contributed by atoms with Crippen molar-refractivity contribution in [3.8, 4) is 0 Å². The third-order valence-corrected chi connectivity index (χ3v) is 3.52. The van der Waals surface area contributed by atoms with Gasteiger partial charge in [0.05, 0.1) is 27.2 Å². The molecule has 1 aromatic carbocycles. The maximum absolute atomic E-state index is 11.1. The number of nitrogens with zero attached hydrogens (tertiary/aromatic N) is 3. The Morgan fingerprint density at radius 3 is 2.30 bits per heavy atom. The summed E-state index contributed by atoms with van der Waals surface area (Å²) in [7, 11) is 0. The summed E-state index contributed by atoms with van der Waals surface area (Å²) in [5.41, 5.74) is 1.74. The average Bonchev–Trinajstić information content (AvgIpc) is 2.63. The molecule has 1 fully saturated rings. The van der Waals surface area contributed by atoms with Crippen LogP contribution in [0.25, 0.3) is 0 Å². The lowest BCUT2D eigenvalue weighted by molar-refractivity contribution is -0.393. The van der Waals surface area contributed by atoms with Gasteiger partial charge >= 0.3 is 5.69 Å². The van der Waals surface area contributed by atoms with Crippen LogP contribution < -0.4 is 5.43 Å². The van der Waals surface area contributed by atoms with E-state index in [1.807, 2.05) is 27.7 Å². The topological polar surface area (TPSA) is 120 Å². The Bertz CT molecular complexity index is 696. The van der Waals surface area contributed by atoms with Crippen LogP contribution in [0.3, 0.4) is 0 Å². The largest absolute Gasteiger partial charge is 0.363 e. The molecule has 0 aliphatic carbocycles. The van der Waals surface area contributed by atoms with E-state index in [0.29, 0.717) is 6.42 Å². The molecule has 1 aromatic rings. The minimum atomic E-state index is -0.685. The smallest absolute Gasteiger partial charge is 0.301 e. The third kappa shape index (κ3) is 3.62. The molecule has 1 aliphatic rings. The molecule has 1 aliphatic heterocycles. The van der Waals surface area contributed by atoms with Gasteiger partial charge in [-0.15, -0.1) is 0 Å². The van der Waals surface area contributed by atoms with E-state index < -0.39 is 21.1 Å². The quantitative estimate of drug-likeness (QED) is 0.671. The van der Waals surface area contributed by atoms with Gasteiger partial charge in [-0.2, -0.15) is 5.10 Å². The molecule has 0 unspecified atom stereocenters. The van der Waals surface area contributed by atoms with Crippen LogP contribution in [-0.4, -0.2) is 26.8 Å². The first-order valence-corrected chi connectivity index (χ1v) is 6.98. The van der Waals surface area contributed by atoms with Crippen LogP contribution in [0.15, 0.2) is 23.3 Å². The summed E-state index contributed by atoms with van der Waals surface area (Å²) in [6, 6.07) is 3.37. The normalized spacial score (nSPS) is 20.4. The standard InChI is InChI=1S/C14H18N4O5/c1-13(2)8-12(14(3,4)23-13)16-15-10-6-5-9(17(19)20)7-11(10)18(21)22/h5-7,15H,8H2,1-4H3/b16-12+. The van der Waals surface area contributed by atoms with Crippen LogP contribution in [0.5, 0.6) is 0 Å². The number of nitro groups is 2. The first-order chi connectivity index (χ1) is 10.5. The van der Waals surface area contributed by atoms with Gasteiger partial charge in [0.1, 0.15) is 11.3 Å². The average molecular weight is 322 g/mol. The maximum Gasteiger partial charge on any atom is 0.301 e. The monoisotopic (exact) mass is 322 g/mol. The molecule has 0 saturated carbocycles. The highest BCUT2D eigenvalue weighted by molar-refractivity contribution is 5.95. The van der Waals surface area contributed by atoms with E-state index in [-0.39, 0.29) is 17.0 Å². The number of hydrogen-bond donors (Lipinski definition) is 1. The van der Waals surface area contributed by atoms with Crippen LogP contribution >= 0.6 is 0 Å². The van der Waals surface area contributed by atoms with Crippen molar-refractivity contribution in [1.29, 1.82) is 0 Å². The highest BCUT2D eigenvalue weighted by Gasteiger charge is 2.43. The molecule has 0 radical (unpaired) electrons. The molecule has 1 N–H and O–H groups in total. The predicted octanol–water partition coefficient (Wildman–Crippen LogP) is 3.25. The van der Waals surface area contributed by atoms with Crippen LogP contribution in [0, 0.1) is 20.2 Å². The lowest BCUT2D eigenvalue weighted by atomic mass is 9.98. The van der Waals surface area contributed by atoms with E-state index in [2.05, 4.69) is 10.5 Å². The summed E-state index contributed by atoms with van der Waals surface area (Å²) in [4.78, 5) is 20.5. The van der Waals surface area contributed by atoms with Crippen LogP contribution in [0.2, 0.25) is 0 Å². The first kappa shape index (κ1) is 16.8. The summed E-state index contributed by atoms with van der Waals surface area (Å²) >= 11 is 0. The zero-order chi connectivity index (χ0) is 17.4. The minimum absolute atomic E-state index is 0.0913. The third-order valence-electron chi connectivity index (χ3n) is 3.52. The Morgan fingerprint density at radius 2 is 1.83 bits per heavy atom. The molecule has 1 saturated heterocycles. The Labute approximate surface area is 132 Å². The van der Waals surface area contributed by atoms with Crippen molar-refractivity contribution in [2.75, 3.05) is 5.43 Å². The number of benzene rings is 1. The second kappa shape index (κ2) is 5.58. The molecule has 0 spiro atoms. The SMILES string of the molecule is CC1(C)C/C(=N\Nc2ccc([N+](=O)[O-])cc2[N+](=O)[O-])C(C)(C)O1. The Morgan fingerprint density at radius 1 is 1.17 bits per heavy atom. The molecule has 0 amide bonds. The summed E-state index contributed by atoms with van der Waals surface area (Å²) in [5.74, 6) is 0. The molecule has 0 bridgehead atoms. The van der Waals surface area contributed by atoms with E-state index in [4.69, 9.17) is 4.74 Å². The van der Waals surface area contributed by atoms with Crippen molar-refractivity contribution >= 4 is 22.8 Å². The van der Waals surface area contributed by atoms with Crippen LogP contribution in [-0.2, 0) is 4.74 Å².